The smallest absolute Gasteiger partial charge is 0.138 e. The fraction of sp³-hybridized carbons (Fsp3) is 0.143. The molecule has 3 aromatic heterocycles. The second-order valence-corrected chi connectivity index (χ2v) is 6.11. The summed E-state index contributed by atoms with van der Waals surface area (Å²) in [6.07, 6.45) is 5.49. The number of aromatic nitrogens is 3. The summed E-state index contributed by atoms with van der Waals surface area (Å²) >= 11 is 7.48. The van der Waals surface area contributed by atoms with Gasteiger partial charge in [-0.1, -0.05) is 11.6 Å². The summed E-state index contributed by atoms with van der Waals surface area (Å²) in [5.74, 6) is 1.79. The standard InChI is InChI=1S/C14H13ClN4S/c1-10-16-6-7-19(10)14-5-2-11(8-18-14)17-9-12-3-4-13(15)20-12/h2-8,17H,9H2,1H3. The molecule has 102 valence electrons. The molecule has 6 heteroatoms. The van der Waals surface area contributed by atoms with Crippen molar-refractivity contribution in [3.8, 4) is 5.82 Å². The van der Waals surface area contributed by atoms with Crippen LogP contribution < -0.4 is 5.32 Å². The molecule has 4 nitrogen and oxygen atoms in total. The molecule has 0 aromatic carbocycles. The first kappa shape index (κ1) is 13.1. The van der Waals surface area contributed by atoms with E-state index in [9.17, 15) is 0 Å². The number of aryl methyl sites for hydroxylation is 1. The van der Waals surface area contributed by atoms with Crippen molar-refractivity contribution in [2.24, 2.45) is 0 Å². The summed E-state index contributed by atoms with van der Waals surface area (Å²) in [5.41, 5.74) is 0.982. The van der Waals surface area contributed by atoms with Crippen LogP contribution in [0.3, 0.4) is 0 Å². The molecule has 20 heavy (non-hydrogen) atoms. The zero-order valence-corrected chi connectivity index (χ0v) is 12.4. The van der Waals surface area contributed by atoms with Crippen molar-refractivity contribution in [1.29, 1.82) is 0 Å². The maximum absolute atomic E-state index is 5.90. The van der Waals surface area contributed by atoms with Crippen molar-refractivity contribution < 1.29 is 0 Å². The van der Waals surface area contributed by atoms with Crippen molar-refractivity contribution in [2.75, 3.05) is 5.32 Å². The van der Waals surface area contributed by atoms with Crippen LogP contribution in [0, 0.1) is 6.92 Å². The predicted molar refractivity (Wildman–Crippen MR) is 82.8 cm³/mol. The molecule has 0 atom stereocenters. The van der Waals surface area contributed by atoms with Gasteiger partial charge in [0.2, 0.25) is 0 Å². The third-order valence-electron chi connectivity index (χ3n) is 2.92. The minimum atomic E-state index is 0.752. The Morgan fingerprint density at radius 2 is 2.15 bits per heavy atom. The Labute approximate surface area is 126 Å². The van der Waals surface area contributed by atoms with Gasteiger partial charge in [0.25, 0.3) is 0 Å². The third-order valence-corrected chi connectivity index (χ3v) is 4.15. The van der Waals surface area contributed by atoms with Crippen LogP contribution in [-0.4, -0.2) is 14.5 Å². The number of thiophene rings is 1. The van der Waals surface area contributed by atoms with E-state index in [4.69, 9.17) is 11.6 Å². The zero-order chi connectivity index (χ0) is 13.9. The Morgan fingerprint density at radius 3 is 2.75 bits per heavy atom. The van der Waals surface area contributed by atoms with Crippen LogP contribution in [0.2, 0.25) is 4.34 Å². The molecule has 0 amide bonds. The number of nitrogens with zero attached hydrogens (tertiary/aromatic N) is 3. The Balaban J connectivity index is 1.69. The Hall–Kier alpha value is -1.85. The van der Waals surface area contributed by atoms with Gasteiger partial charge >= 0.3 is 0 Å². The lowest BCUT2D eigenvalue weighted by molar-refractivity contribution is 0.932. The van der Waals surface area contributed by atoms with E-state index in [1.165, 1.54) is 4.88 Å². The van der Waals surface area contributed by atoms with Gasteiger partial charge in [-0.3, -0.25) is 4.57 Å². The van der Waals surface area contributed by atoms with Crippen molar-refractivity contribution >= 4 is 28.6 Å². The molecule has 3 heterocycles. The Bertz CT molecular complexity index is 702. The lowest BCUT2D eigenvalue weighted by Gasteiger charge is -2.07. The monoisotopic (exact) mass is 304 g/mol. The summed E-state index contributed by atoms with van der Waals surface area (Å²) in [7, 11) is 0. The minimum Gasteiger partial charge on any atom is -0.379 e. The Morgan fingerprint density at radius 1 is 1.25 bits per heavy atom. The molecule has 0 spiro atoms. The zero-order valence-electron chi connectivity index (χ0n) is 10.9. The number of anilines is 1. The molecular formula is C14H13ClN4S. The highest BCUT2D eigenvalue weighted by atomic mass is 35.5. The van der Waals surface area contributed by atoms with Crippen LogP contribution >= 0.6 is 22.9 Å². The van der Waals surface area contributed by atoms with Crippen molar-refractivity contribution in [1.82, 2.24) is 14.5 Å². The molecule has 0 fully saturated rings. The molecular weight excluding hydrogens is 292 g/mol. The van der Waals surface area contributed by atoms with Gasteiger partial charge in [-0.05, 0) is 31.2 Å². The SMILES string of the molecule is Cc1nccn1-c1ccc(NCc2ccc(Cl)s2)cn1. The fourth-order valence-corrected chi connectivity index (χ4v) is 2.92. The lowest BCUT2D eigenvalue weighted by Crippen LogP contribution is -2.01. The quantitative estimate of drug-likeness (QED) is 0.795. The normalized spacial score (nSPS) is 10.7. The average Bonchev–Trinajstić information content (AvgIpc) is 3.06. The van der Waals surface area contributed by atoms with E-state index in [2.05, 4.69) is 15.3 Å². The summed E-state index contributed by atoms with van der Waals surface area (Å²) in [6.45, 7) is 2.71. The van der Waals surface area contributed by atoms with Crippen LogP contribution in [0.4, 0.5) is 5.69 Å². The number of imidazole rings is 1. The molecule has 0 aliphatic carbocycles. The molecule has 0 unspecified atom stereocenters. The van der Waals surface area contributed by atoms with E-state index in [0.29, 0.717) is 0 Å². The molecule has 0 saturated carbocycles. The van der Waals surface area contributed by atoms with Crippen molar-refractivity contribution in [2.45, 2.75) is 13.5 Å². The number of hydrogen-bond acceptors (Lipinski definition) is 4. The summed E-state index contributed by atoms with van der Waals surface area (Å²) in [6, 6.07) is 7.92. The number of pyridine rings is 1. The lowest BCUT2D eigenvalue weighted by atomic mass is 10.3. The van der Waals surface area contributed by atoms with Gasteiger partial charge in [0.1, 0.15) is 11.6 Å². The first-order valence-corrected chi connectivity index (χ1v) is 7.36. The predicted octanol–water partition coefficient (Wildman–Crippen LogP) is 3.90. The largest absolute Gasteiger partial charge is 0.379 e. The number of halogens is 1. The van der Waals surface area contributed by atoms with Gasteiger partial charge in [0, 0.05) is 23.8 Å². The molecule has 3 aromatic rings. The summed E-state index contributed by atoms with van der Waals surface area (Å²) in [5, 5.41) is 3.33. The van der Waals surface area contributed by atoms with Crippen LogP contribution in [0.15, 0.2) is 42.9 Å². The Kier molecular flexibility index (Phi) is 3.71. The van der Waals surface area contributed by atoms with Gasteiger partial charge in [-0.2, -0.15) is 0 Å². The summed E-state index contributed by atoms with van der Waals surface area (Å²) < 4.78 is 2.76. The second kappa shape index (κ2) is 5.64. The summed E-state index contributed by atoms with van der Waals surface area (Å²) in [4.78, 5) is 9.83. The van der Waals surface area contributed by atoms with E-state index in [-0.39, 0.29) is 0 Å². The van der Waals surface area contributed by atoms with Gasteiger partial charge in [0.15, 0.2) is 0 Å². The van der Waals surface area contributed by atoms with Crippen molar-refractivity contribution in [3.63, 3.8) is 0 Å². The van der Waals surface area contributed by atoms with Gasteiger partial charge in [0.05, 0.1) is 16.2 Å². The maximum Gasteiger partial charge on any atom is 0.138 e. The van der Waals surface area contributed by atoms with E-state index >= 15 is 0 Å². The first-order valence-electron chi connectivity index (χ1n) is 6.17. The van der Waals surface area contributed by atoms with E-state index in [1.54, 1.807) is 17.5 Å². The van der Waals surface area contributed by atoms with E-state index in [1.807, 2.05) is 48.1 Å². The number of rotatable bonds is 4. The molecule has 3 rings (SSSR count). The highest BCUT2D eigenvalue weighted by Crippen LogP contribution is 2.22. The molecule has 1 N–H and O–H groups in total. The third kappa shape index (κ3) is 2.84. The van der Waals surface area contributed by atoms with Gasteiger partial charge in [-0.15, -0.1) is 11.3 Å². The number of nitrogens with one attached hydrogen (secondary N) is 1. The van der Waals surface area contributed by atoms with Crippen LogP contribution in [0.1, 0.15) is 10.7 Å². The molecule has 0 aliphatic heterocycles. The highest BCUT2D eigenvalue weighted by molar-refractivity contribution is 7.16. The minimum absolute atomic E-state index is 0.752. The van der Waals surface area contributed by atoms with Crippen LogP contribution in [0.5, 0.6) is 0 Å². The first-order chi connectivity index (χ1) is 9.72. The fourth-order valence-electron chi connectivity index (χ4n) is 1.89. The highest BCUT2D eigenvalue weighted by Gasteiger charge is 2.02. The van der Waals surface area contributed by atoms with Crippen LogP contribution in [-0.2, 0) is 6.54 Å². The maximum atomic E-state index is 5.90. The topological polar surface area (TPSA) is 42.7 Å². The average molecular weight is 305 g/mol. The van der Waals surface area contributed by atoms with Crippen LogP contribution in [0.25, 0.3) is 5.82 Å². The molecule has 0 saturated heterocycles. The molecule has 0 aliphatic rings. The van der Waals surface area contributed by atoms with E-state index < -0.39 is 0 Å². The molecule has 0 bridgehead atoms. The van der Waals surface area contributed by atoms with Gasteiger partial charge < -0.3 is 5.32 Å². The van der Waals surface area contributed by atoms with Crippen molar-refractivity contribution in [3.05, 3.63) is 57.9 Å². The van der Waals surface area contributed by atoms with Gasteiger partial charge in [-0.25, -0.2) is 9.97 Å². The molecule has 0 radical (unpaired) electrons. The van der Waals surface area contributed by atoms with E-state index in [0.717, 1.165) is 28.2 Å². The second-order valence-electron chi connectivity index (χ2n) is 4.31. The number of hydrogen-bond donors (Lipinski definition) is 1.